The van der Waals surface area contributed by atoms with Crippen LogP contribution in [0.4, 0.5) is 17.1 Å². The second-order valence-corrected chi connectivity index (χ2v) is 7.73. The lowest BCUT2D eigenvalue weighted by Gasteiger charge is -2.32. The maximum absolute atomic E-state index is 12.2. The molecule has 2 N–H and O–H groups in total. The highest BCUT2D eigenvalue weighted by Gasteiger charge is 2.15. The van der Waals surface area contributed by atoms with Gasteiger partial charge in [-0.25, -0.2) is 0 Å². The molecule has 150 valence electrons. The summed E-state index contributed by atoms with van der Waals surface area (Å²) in [5.74, 6) is 0.719. The molecular formula is C23H32N4O. The molecule has 28 heavy (non-hydrogen) atoms. The summed E-state index contributed by atoms with van der Waals surface area (Å²) in [4.78, 5) is 18.9. The van der Waals surface area contributed by atoms with Crippen molar-refractivity contribution in [1.82, 2.24) is 10.3 Å². The van der Waals surface area contributed by atoms with Crippen LogP contribution in [0.1, 0.15) is 56.4 Å². The second kappa shape index (κ2) is 10.1. The number of anilines is 3. The molecule has 0 radical (unpaired) electrons. The summed E-state index contributed by atoms with van der Waals surface area (Å²) in [5, 5.41) is 6.31. The lowest BCUT2D eigenvalue weighted by atomic mass is 9.99. The van der Waals surface area contributed by atoms with Crippen molar-refractivity contribution >= 4 is 23.0 Å². The van der Waals surface area contributed by atoms with E-state index in [1.54, 1.807) is 12.3 Å². The van der Waals surface area contributed by atoms with E-state index in [1.165, 1.54) is 18.5 Å². The fraction of sp³-hybridized carbons (Fsp3) is 0.478. The van der Waals surface area contributed by atoms with Gasteiger partial charge in [-0.2, -0.15) is 0 Å². The molecule has 1 aromatic heterocycles. The number of hydrogen-bond donors (Lipinski definition) is 2. The third-order valence-electron chi connectivity index (χ3n) is 5.36. The Bertz CT molecular complexity index is 751. The second-order valence-electron chi connectivity index (χ2n) is 7.73. The zero-order chi connectivity index (χ0) is 19.8. The number of pyridine rings is 1. The number of unbranched alkanes of at least 4 members (excludes halogenated alkanes) is 2. The summed E-state index contributed by atoms with van der Waals surface area (Å²) in [6.45, 7) is 7.45. The Balaban J connectivity index is 1.57. The molecule has 1 aliphatic heterocycles. The van der Waals surface area contributed by atoms with E-state index in [0.717, 1.165) is 49.6 Å². The summed E-state index contributed by atoms with van der Waals surface area (Å²) >= 11 is 0. The van der Waals surface area contributed by atoms with Gasteiger partial charge in [0.15, 0.2) is 0 Å². The first-order valence-electron chi connectivity index (χ1n) is 10.5. The minimum absolute atomic E-state index is 0.116. The SMILES string of the molecule is CCCCCNC(=O)c1cc(Nc2ccc(N3CCC(C)CC3)cc2)ccn1. The quantitative estimate of drug-likeness (QED) is 0.634. The molecule has 1 aliphatic rings. The molecule has 2 heterocycles. The standard InChI is InChI=1S/C23H32N4O/c1-3-4-5-13-25-23(28)22-17-20(10-14-24-22)26-19-6-8-21(9-7-19)27-15-11-18(2)12-16-27/h6-10,14,17-18H,3-5,11-13,15-16H2,1-2H3,(H,24,26)(H,25,28). The molecule has 0 bridgehead atoms. The van der Waals surface area contributed by atoms with Crippen molar-refractivity contribution in [2.24, 2.45) is 5.92 Å². The van der Waals surface area contributed by atoms with Crippen molar-refractivity contribution in [1.29, 1.82) is 0 Å². The van der Waals surface area contributed by atoms with Crippen LogP contribution in [0, 0.1) is 5.92 Å². The number of hydrogen-bond acceptors (Lipinski definition) is 4. The third-order valence-corrected chi connectivity index (χ3v) is 5.36. The van der Waals surface area contributed by atoms with E-state index in [-0.39, 0.29) is 5.91 Å². The Labute approximate surface area is 168 Å². The van der Waals surface area contributed by atoms with E-state index in [0.29, 0.717) is 12.2 Å². The molecule has 0 spiro atoms. The number of carbonyl (C=O) groups excluding carboxylic acids is 1. The average Bonchev–Trinajstić information content (AvgIpc) is 2.72. The lowest BCUT2D eigenvalue weighted by molar-refractivity contribution is 0.0948. The predicted octanol–water partition coefficient (Wildman–Crippen LogP) is 4.98. The van der Waals surface area contributed by atoms with E-state index in [1.807, 2.05) is 6.07 Å². The zero-order valence-electron chi connectivity index (χ0n) is 17.1. The smallest absolute Gasteiger partial charge is 0.269 e. The Morgan fingerprint density at radius 2 is 1.86 bits per heavy atom. The molecule has 0 aliphatic carbocycles. The van der Waals surface area contributed by atoms with Crippen molar-refractivity contribution in [3.63, 3.8) is 0 Å². The molecule has 3 rings (SSSR count). The average molecular weight is 381 g/mol. The van der Waals surface area contributed by atoms with Crippen molar-refractivity contribution < 1.29 is 4.79 Å². The number of piperidine rings is 1. The van der Waals surface area contributed by atoms with E-state index in [9.17, 15) is 4.79 Å². The van der Waals surface area contributed by atoms with Crippen molar-refractivity contribution in [3.8, 4) is 0 Å². The number of rotatable bonds is 8. The van der Waals surface area contributed by atoms with Crippen LogP contribution in [0.25, 0.3) is 0 Å². The van der Waals surface area contributed by atoms with Crippen LogP contribution in [0.5, 0.6) is 0 Å². The Morgan fingerprint density at radius 1 is 1.11 bits per heavy atom. The van der Waals surface area contributed by atoms with Crippen LogP contribution >= 0.6 is 0 Å². The maximum Gasteiger partial charge on any atom is 0.269 e. The van der Waals surface area contributed by atoms with Crippen molar-refractivity contribution in [3.05, 3.63) is 48.3 Å². The fourth-order valence-corrected chi connectivity index (χ4v) is 3.49. The van der Waals surface area contributed by atoms with E-state index < -0.39 is 0 Å². The highest BCUT2D eigenvalue weighted by molar-refractivity contribution is 5.93. The molecule has 1 fully saturated rings. The topological polar surface area (TPSA) is 57.3 Å². The molecule has 0 saturated carbocycles. The van der Waals surface area contributed by atoms with Gasteiger partial charge >= 0.3 is 0 Å². The van der Waals surface area contributed by atoms with Crippen LogP contribution in [0.3, 0.4) is 0 Å². The molecule has 0 unspecified atom stereocenters. The van der Waals surface area contributed by atoms with Gasteiger partial charge in [-0.3, -0.25) is 9.78 Å². The number of carbonyl (C=O) groups is 1. The van der Waals surface area contributed by atoms with Gasteiger partial charge in [0.1, 0.15) is 5.69 Å². The number of nitrogens with zero attached hydrogens (tertiary/aromatic N) is 2. The predicted molar refractivity (Wildman–Crippen MR) is 116 cm³/mol. The first-order chi connectivity index (χ1) is 13.7. The molecule has 1 saturated heterocycles. The van der Waals surface area contributed by atoms with Gasteiger partial charge in [0, 0.05) is 42.9 Å². The summed E-state index contributed by atoms with van der Waals surface area (Å²) in [5.41, 5.74) is 3.60. The normalized spacial score (nSPS) is 14.7. The van der Waals surface area contributed by atoms with Crippen LogP contribution in [-0.2, 0) is 0 Å². The molecule has 0 atom stereocenters. The Kier molecular flexibility index (Phi) is 7.29. The Hall–Kier alpha value is -2.56. The minimum atomic E-state index is -0.116. The highest BCUT2D eigenvalue weighted by Crippen LogP contribution is 2.25. The van der Waals surface area contributed by atoms with Crippen LogP contribution < -0.4 is 15.5 Å². The molecule has 1 aromatic carbocycles. The monoisotopic (exact) mass is 380 g/mol. The Morgan fingerprint density at radius 3 is 2.57 bits per heavy atom. The van der Waals surface area contributed by atoms with E-state index >= 15 is 0 Å². The number of aromatic nitrogens is 1. The van der Waals surface area contributed by atoms with Gasteiger partial charge in [0.2, 0.25) is 0 Å². The largest absolute Gasteiger partial charge is 0.372 e. The zero-order valence-corrected chi connectivity index (χ0v) is 17.1. The summed E-state index contributed by atoms with van der Waals surface area (Å²) < 4.78 is 0. The molecular weight excluding hydrogens is 348 g/mol. The fourth-order valence-electron chi connectivity index (χ4n) is 3.49. The maximum atomic E-state index is 12.2. The van der Waals surface area contributed by atoms with Gasteiger partial charge in [-0.05, 0) is 61.6 Å². The van der Waals surface area contributed by atoms with Crippen LogP contribution in [-0.4, -0.2) is 30.5 Å². The van der Waals surface area contributed by atoms with Crippen LogP contribution in [0.2, 0.25) is 0 Å². The minimum Gasteiger partial charge on any atom is -0.372 e. The summed E-state index contributed by atoms with van der Waals surface area (Å²) in [7, 11) is 0. The lowest BCUT2D eigenvalue weighted by Crippen LogP contribution is -2.32. The molecule has 5 heteroatoms. The third kappa shape index (κ3) is 5.72. The number of benzene rings is 1. The highest BCUT2D eigenvalue weighted by atomic mass is 16.1. The first kappa shape index (κ1) is 20.2. The van der Waals surface area contributed by atoms with Crippen molar-refractivity contribution in [2.45, 2.75) is 46.0 Å². The molecule has 5 nitrogen and oxygen atoms in total. The van der Waals surface area contributed by atoms with Gasteiger partial charge in [-0.15, -0.1) is 0 Å². The summed E-state index contributed by atoms with van der Waals surface area (Å²) in [6.07, 6.45) is 7.47. The van der Waals surface area contributed by atoms with Gasteiger partial charge in [0.25, 0.3) is 5.91 Å². The number of amides is 1. The van der Waals surface area contributed by atoms with E-state index in [4.69, 9.17) is 0 Å². The van der Waals surface area contributed by atoms with Gasteiger partial charge in [0.05, 0.1) is 0 Å². The van der Waals surface area contributed by atoms with Crippen LogP contribution in [0.15, 0.2) is 42.6 Å². The first-order valence-corrected chi connectivity index (χ1v) is 10.5. The molecule has 1 amide bonds. The van der Waals surface area contributed by atoms with E-state index in [2.05, 4.69) is 58.6 Å². The summed E-state index contributed by atoms with van der Waals surface area (Å²) in [6, 6.07) is 12.2. The van der Waals surface area contributed by atoms with Gasteiger partial charge in [-0.1, -0.05) is 26.7 Å². The van der Waals surface area contributed by atoms with Gasteiger partial charge < -0.3 is 15.5 Å². The molecule has 2 aromatic rings. The van der Waals surface area contributed by atoms with Crippen molar-refractivity contribution in [2.75, 3.05) is 29.9 Å². The number of nitrogens with one attached hydrogen (secondary N) is 2.